The standard InChI is InChI=1S/C22H27N3O5/c1-28-19-7-3-6-18(21(19)29-2)24-22(27)23-15-16-10-12-25(13-11-16)20(26)9-8-17-5-4-14-30-17/h3-9,14,16H,10-13,15H2,1-2H3,(H2,23,24,27)/b9-8+. The number of ether oxygens (including phenoxy) is 2. The number of benzene rings is 1. The Hall–Kier alpha value is -3.42. The van der Waals surface area contributed by atoms with Gasteiger partial charge in [-0.05, 0) is 49.1 Å². The van der Waals surface area contributed by atoms with Crippen LogP contribution in [0, 0.1) is 5.92 Å². The Morgan fingerprint density at radius 1 is 1.17 bits per heavy atom. The highest BCUT2D eigenvalue weighted by atomic mass is 16.5. The first kappa shape index (κ1) is 21.3. The zero-order valence-electron chi connectivity index (χ0n) is 17.2. The number of amides is 3. The molecule has 0 atom stereocenters. The molecule has 8 heteroatoms. The molecular weight excluding hydrogens is 386 g/mol. The number of furan rings is 1. The van der Waals surface area contributed by atoms with E-state index in [2.05, 4.69) is 10.6 Å². The fourth-order valence-corrected chi connectivity index (χ4v) is 3.39. The van der Waals surface area contributed by atoms with Gasteiger partial charge in [-0.15, -0.1) is 0 Å². The highest BCUT2D eigenvalue weighted by Crippen LogP contribution is 2.34. The molecule has 3 amide bonds. The van der Waals surface area contributed by atoms with Gasteiger partial charge in [-0.3, -0.25) is 4.79 Å². The van der Waals surface area contributed by atoms with Crippen molar-refractivity contribution in [2.75, 3.05) is 39.2 Å². The zero-order valence-corrected chi connectivity index (χ0v) is 17.2. The molecule has 1 fully saturated rings. The van der Waals surface area contributed by atoms with E-state index in [1.54, 1.807) is 49.8 Å². The minimum atomic E-state index is -0.304. The van der Waals surface area contributed by atoms with Crippen LogP contribution in [-0.2, 0) is 4.79 Å². The van der Waals surface area contributed by atoms with Crippen molar-refractivity contribution in [3.63, 3.8) is 0 Å². The van der Waals surface area contributed by atoms with Crippen LogP contribution in [0.3, 0.4) is 0 Å². The van der Waals surface area contributed by atoms with Crippen molar-refractivity contribution in [3.05, 3.63) is 48.4 Å². The molecule has 1 aliphatic rings. The first-order valence-electron chi connectivity index (χ1n) is 9.87. The number of methoxy groups -OCH3 is 2. The van der Waals surface area contributed by atoms with E-state index < -0.39 is 0 Å². The van der Waals surface area contributed by atoms with Crippen LogP contribution >= 0.6 is 0 Å². The minimum absolute atomic E-state index is 0.0272. The molecule has 1 saturated heterocycles. The summed E-state index contributed by atoms with van der Waals surface area (Å²) in [7, 11) is 3.07. The average molecular weight is 413 g/mol. The summed E-state index contributed by atoms with van der Waals surface area (Å²) in [6.45, 7) is 1.88. The van der Waals surface area contributed by atoms with E-state index in [0.29, 0.717) is 48.5 Å². The van der Waals surface area contributed by atoms with E-state index >= 15 is 0 Å². The van der Waals surface area contributed by atoms with E-state index in [0.717, 1.165) is 12.8 Å². The smallest absolute Gasteiger partial charge is 0.319 e. The van der Waals surface area contributed by atoms with E-state index in [4.69, 9.17) is 13.9 Å². The number of anilines is 1. The number of nitrogens with zero attached hydrogens (tertiary/aromatic N) is 1. The Labute approximate surface area is 175 Å². The van der Waals surface area contributed by atoms with Crippen LogP contribution in [0.15, 0.2) is 47.1 Å². The van der Waals surface area contributed by atoms with Crippen molar-refractivity contribution < 1.29 is 23.5 Å². The lowest BCUT2D eigenvalue weighted by Gasteiger charge is -2.31. The molecule has 1 aliphatic heterocycles. The maximum Gasteiger partial charge on any atom is 0.319 e. The van der Waals surface area contributed by atoms with Crippen LogP contribution in [0.1, 0.15) is 18.6 Å². The normalized spacial score (nSPS) is 14.5. The van der Waals surface area contributed by atoms with Gasteiger partial charge in [0.2, 0.25) is 5.91 Å². The Kier molecular flexibility index (Phi) is 7.37. The average Bonchev–Trinajstić information content (AvgIpc) is 3.30. The quantitative estimate of drug-likeness (QED) is 0.679. The Bertz CT molecular complexity index is 871. The number of hydrogen-bond acceptors (Lipinski definition) is 5. The first-order valence-corrected chi connectivity index (χ1v) is 9.87. The zero-order chi connectivity index (χ0) is 21.3. The predicted molar refractivity (Wildman–Crippen MR) is 114 cm³/mol. The van der Waals surface area contributed by atoms with Gasteiger partial charge in [-0.2, -0.15) is 0 Å². The number of carbonyl (C=O) groups excluding carboxylic acids is 2. The highest BCUT2D eigenvalue weighted by Gasteiger charge is 2.22. The number of nitrogens with one attached hydrogen (secondary N) is 2. The summed E-state index contributed by atoms with van der Waals surface area (Å²) >= 11 is 0. The van der Waals surface area contributed by atoms with Crippen LogP contribution in [0.2, 0.25) is 0 Å². The molecular formula is C22H27N3O5. The van der Waals surface area contributed by atoms with Gasteiger partial charge in [-0.25, -0.2) is 4.79 Å². The number of para-hydroxylation sites is 1. The number of likely N-dealkylation sites (tertiary alicyclic amines) is 1. The number of piperidine rings is 1. The molecule has 30 heavy (non-hydrogen) atoms. The maximum atomic E-state index is 12.3. The molecule has 1 aromatic carbocycles. The summed E-state index contributed by atoms with van der Waals surface area (Å²) < 4.78 is 15.8. The number of rotatable bonds is 7. The molecule has 0 bridgehead atoms. The molecule has 0 aliphatic carbocycles. The van der Waals surface area contributed by atoms with Gasteiger partial charge < -0.3 is 29.4 Å². The molecule has 2 N–H and O–H groups in total. The first-order chi connectivity index (χ1) is 14.6. The van der Waals surface area contributed by atoms with E-state index in [1.807, 2.05) is 4.90 Å². The third-order valence-corrected chi connectivity index (χ3v) is 5.06. The lowest BCUT2D eigenvalue weighted by atomic mass is 9.97. The van der Waals surface area contributed by atoms with Crippen molar-refractivity contribution in [1.29, 1.82) is 0 Å². The van der Waals surface area contributed by atoms with Crippen molar-refractivity contribution in [2.24, 2.45) is 5.92 Å². The van der Waals surface area contributed by atoms with Crippen LogP contribution in [0.25, 0.3) is 6.08 Å². The molecule has 3 rings (SSSR count). The number of carbonyl (C=O) groups is 2. The van der Waals surface area contributed by atoms with Gasteiger partial charge in [0.1, 0.15) is 5.76 Å². The van der Waals surface area contributed by atoms with E-state index in [-0.39, 0.29) is 11.9 Å². The monoisotopic (exact) mass is 413 g/mol. The second-order valence-electron chi connectivity index (χ2n) is 6.99. The lowest BCUT2D eigenvalue weighted by Crippen LogP contribution is -2.41. The lowest BCUT2D eigenvalue weighted by molar-refractivity contribution is -0.127. The second kappa shape index (κ2) is 10.4. The summed E-state index contributed by atoms with van der Waals surface area (Å²) in [5.41, 5.74) is 0.540. The molecule has 1 aromatic heterocycles. The van der Waals surface area contributed by atoms with Crippen LogP contribution < -0.4 is 20.1 Å². The number of urea groups is 1. The maximum absolute atomic E-state index is 12.3. The largest absolute Gasteiger partial charge is 0.493 e. The Morgan fingerprint density at radius 2 is 1.97 bits per heavy atom. The van der Waals surface area contributed by atoms with Gasteiger partial charge in [0, 0.05) is 25.7 Å². The van der Waals surface area contributed by atoms with Crippen LogP contribution in [0.5, 0.6) is 11.5 Å². The highest BCUT2D eigenvalue weighted by molar-refractivity contribution is 5.92. The predicted octanol–water partition coefficient (Wildman–Crippen LogP) is 3.37. The van der Waals surface area contributed by atoms with Crippen molar-refractivity contribution in [1.82, 2.24) is 10.2 Å². The third kappa shape index (κ3) is 5.56. The van der Waals surface area contributed by atoms with Crippen molar-refractivity contribution >= 4 is 23.7 Å². The third-order valence-electron chi connectivity index (χ3n) is 5.06. The Morgan fingerprint density at radius 3 is 2.63 bits per heavy atom. The van der Waals surface area contributed by atoms with Gasteiger partial charge in [-0.1, -0.05) is 6.07 Å². The van der Waals surface area contributed by atoms with Crippen LogP contribution in [0.4, 0.5) is 10.5 Å². The molecule has 2 aromatic rings. The fourth-order valence-electron chi connectivity index (χ4n) is 3.39. The summed E-state index contributed by atoms with van der Waals surface area (Å²) in [4.78, 5) is 26.4. The number of hydrogen-bond donors (Lipinski definition) is 2. The molecule has 0 unspecified atom stereocenters. The van der Waals surface area contributed by atoms with E-state index in [1.165, 1.54) is 13.2 Å². The molecule has 2 heterocycles. The van der Waals surface area contributed by atoms with Gasteiger partial charge in [0.25, 0.3) is 0 Å². The molecule has 160 valence electrons. The Balaban J connectivity index is 1.42. The van der Waals surface area contributed by atoms with Crippen LogP contribution in [-0.4, -0.2) is 50.7 Å². The molecule has 8 nitrogen and oxygen atoms in total. The fraction of sp³-hybridized carbons (Fsp3) is 0.364. The molecule has 0 spiro atoms. The van der Waals surface area contributed by atoms with Gasteiger partial charge in [0.15, 0.2) is 11.5 Å². The molecule has 0 saturated carbocycles. The summed E-state index contributed by atoms with van der Waals surface area (Å²) in [5.74, 6) is 1.97. The van der Waals surface area contributed by atoms with E-state index in [9.17, 15) is 9.59 Å². The second-order valence-corrected chi connectivity index (χ2v) is 6.99. The van der Waals surface area contributed by atoms with Crippen molar-refractivity contribution in [3.8, 4) is 11.5 Å². The summed E-state index contributed by atoms with van der Waals surface area (Å²) in [6, 6.07) is 8.57. The van der Waals surface area contributed by atoms with Gasteiger partial charge in [0.05, 0.1) is 26.2 Å². The molecule has 0 radical (unpaired) electrons. The van der Waals surface area contributed by atoms with Gasteiger partial charge >= 0.3 is 6.03 Å². The van der Waals surface area contributed by atoms with Crippen molar-refractivity contribution in [2.45, 2.75) is 12.8 Å². The summed E-state index contributed by atoms with van der Waals surface area (Å²) in [5, 5.41) is 5.70. The minimum Gasteiger partial charge on any atom is -0.493 e. The SMILES string of the molecule is COc1cccc(NC(=O)NCC2CCN(C(=O)/C=C/c3ccco3)CC2)c1OC. The topological polar surface area (TPSA) is 93.0 Å². The summed E-state index contributed by atoms with van der Waals surface area (Å²) in [6.07, 6.45) is 6.45.